The Balaban J connectivity index is 1.60. The highest BCUT2D eigenvalue weighted by atomic mass is 35.5. The number of nitrogens with one attached hydrogen (secondary N) is 1. The van der Waals surface area contributed by atoms with Gasteiger partial charge >= 0.3 is 0 Å². The molecule has 0 unspecified atom stereocenters. The topological polar surface area (TPSA) is 58.6 Å². The van der Waals surface area contributed by atoms with Crippen LogP contribution in [0.2, 0.25) is 5.02 Å². The molecule has 0 bridgehead atoms. The summed E-state index contributed by atoms with van der Waals surface area (Å²) in [6, 6.07) is 22.0. The van der Waals surface area contributed by atoms with Crippen LogP contribution in [0.3, 0.4) is 0 Å². The number of nitrogens with zero attached hydrogens (tertiary/aromatic N) is 1. The van der Waals surface area contributed by atoms with E-state index in [1.54, 1.807) is 30.1 Å². The zero-order chi connectivity index (χ0) is 21.5. The van der Waals surface area contributed by atoms with Crippen LogP contribution in [0.4, 0.5) is 11.4 Å². The van der Waals surface area contributed by atoms with Gasteiger partial charge in [-0.25, -0.2) is 0 Å². The van der Waals surface area contributed by atoms with Crippen molar-refractivity contribution in [2.24, 2.45) is 0 Å². The van der Waals surface area contributed by atoms with Crippen molar-refractivity contribution in [3.63, 3.8) is 0 Å². The number of rotatable bonds is 7. The second-order valence-electron chi connectivity index (χ2n) is 6.85. The number of hydrogen-bond donors (Lipinski definition) is 1. The minimum Gasteiger partial charge on any atom is -0.495 e. The van der Waals surface area contributed by atoms with Crippen molar-refractivity contribution in [2.75, 3.05) is 24.4 Å². The van der Waals surface area contributed by atoms with Crippen molar-refractivity contribution in [2.45, 2.75) is 12.8 Å². The molecule has 0 saturated carbocycles. The molecule has 0 saturated heterocycles. The summed E-state index contributed by atoms with van der Waals surface area (Å²) < 4.78 is 5.25. The molecule has 3 aromatic rings. The average Bonchev–Trinajstić information content (AvgIpc) is 2.74. The van der Waals surface area contributed by atoms with Gasteiger partial charge in [0.2, 0.25) is 11.8 Å². The second kappa shape index (κ2) is 9.94. The van der Waals surface area contributed by atoms with E-state index in [1.807, 2.05) is 54.6 Å². The Bertz CT molecular complexity index is 1020. The number of carbonyl (C=O) groups is 2. The number of likely N-dealkylation sites (N-methyl/N-ethyl adjacent to an activating group) is 1. The molecule has 30 heavy (non-hydrogen) atoms. The predicted molar refractivity (Wildman–Crippen MR) is 120 cm³/mol. The number of hydrogen-bond acceptors (Lipinski definition) is 3. The standard InChI is InChI=1S/C24H23ClN2O3/c1-27(24(29)15-17-6-4-3-5-7-17)20-11-8-18(9-12-20)14-23(28)26-21-16-19(25)10-13-22(21)30-2/h3-13,16H,14-15H2,1-2H3,(H,26,28). The van der Waals surface area contributed by atoms with Gasteiger partial charge in [-0.1, -0.05) is 54.1 Å². The average molecular weight is 423 g/mol. The van der Waals surface area contributed by atoms with Crippen LogP contribution in [-0.4, -0.2) is 26.0 Å². The molecule has 5 nitrogen and oxygen atoms in total. The van der Waals surface area contributed by atoms with E-state index in [0.717, 1.165) is 16.8 Å². The zero-order valence-electron chi connectivity index (χ0n) is 16.9. The lowest BCUT2D eigenvalue weighted by molar-refractivity contribution is -0.118. The maximum Gasteiger partial charge on any atom is 0.231 e. The van der Waals surface area contributed by atoms with Crippen LogP contribution in [0.15, 0.2) is 72.8 Å². The number of amides is 2. The van der Waals surface area contributed by atoms with Gasteiger partial charge in [-0.15, -0.1) is 0 Å². The third kappa shape index (κ3) is 5.61. The Hall–Kier alpha value is -3.31. The Labute approximate surface area is 181 Å². The smallest absolute Gasteiger partial charge is 0.231 e. The van der Waals surface area contributed by atoms with Gasteiger partial charge in [0, 0.05) is 17.8 Å². The van der Waals surface area contributed by atoms with E-state index in [2.05, 4.69) is 5.32 Å². The maximum atomic E-state index is 12.5. The first-order valence-electron chi connectivity index (χ1n) is 9.49. The number of halogens is 1. The summed E-state index contributed by atoms with van der Waals surface area (Å²) in [7, 11) is 3.28. The Morgan fingerprint density at radius 3 is 2.27 bits per heavy atom. The second-order valence-corrected chi connectivity index (χ2v) is 7.29. The predicted octanol–water partition coefficient (Wildman–Crippen LogP) is 4.74. The summed E-state index contributed by atoms with van der Waals surface area (Å²) in [4.78, 5) is 26.5. The highest BCUT2D eigenvalue weighted by Crippen LogP contribution is 2.27. The van der Waals surface area contributed by atoms with Gasteiger partial charge in [0.1, 0.15) is 5.75 Å². The summed E-state index contributed by atoms with van der Waals surface area (Å²) in [6.45, 7) is 0. The highest BCUT2D eigenvalue weighted by molar-refractivity contribution is 6.31. The van der Waals surface area contributed by atoms with Gasteiger partial charge in [0.15, 0.2) is 0 Å². The molecule has 3 rings (SSSR count). The first kappa shape index (κ1) is 21.4. The van der Waals surface area contributed by atoms with Crippen LogP contribution in [0, 0.1) is 0 Å². The van der Waals surface area contributed by atoms with Crippen molar-refractivity contribution in [3.8, 4) is 5.75 Å². The minimum absolute atomic E-state index is 0.000237. The normalized spacial score (nSPS) is 10.4. The third-order valence-electron chi connectivity index (χ3n) is 4.70. The van der Waals surface area contributed by atoms with Gasteiger partial charge in [0.25, 0.3) is 0 Å². The summed E-state index contributed by atoms with van der Waals surface area (Å²) >= 11 is 6.00. The van der Waals surface area contributed by atoms with Crippen LogP contribution < -0.4 is 15.0 Å². The van der Waals surface area contributed by atoms with E-state index < -0.39 is 0 Å². The molecule has 0 aliphatic heterocycles. The zero-order valence-corrected chi connectivity index (χ0v) is 17.6. The lowest BCUT2D eigenvalue weighted by atomic mass is 10.1. The molecular formula is C24H23ClN2O3. The fourth-order valence-corrected chi connectivity index (χ4v) is 3.20. The van der Waals surface area contributed by atoms with Crippen molar-refractivity contribution >= 4 is 34.8 Å². The summed E-state index contributed by atoms with van der Waals surface area (Å²) in [6.07, 6.45) is 0.528. The molecule has 0 aromatic heterocycles. The van der Waals surface area contributed by atoms with Crippen LogP contribution in [-0.2, 0) is 22.4 Å². The molecule has 0 aliphatic carbocycles. The number of ether oxygens (including phenoxy) is 1. The van der Waals surface area contributed by atoms with E-state index in [4.69, 9.17) is 16.3 Å². The maximum absolute atomic E-state index is 12.5. The lowest BCUT2D eigenvalue weighted by Crippen LogP contribution is -2.27. The van der Waals surface area contributed by atoms with E-state index in [1.165, 1.54) is 7.11 Å². The summed E-state index contributed by atoms with van der Waals surface area (Å²) in [5.41, 5.74) is 3.11. The molecule has 0 atom stereocenters. The molecule has 1 N–H and O–H groups in total. The SMILES string of the molecule is COc1ccc(Cl)cc1NC(=O)Cc1ccc(N(C)C(=O)Cc2ccccc2)cc1. The Morgan fingerprint density at radius 2 is 1.60 bits per heavy atom. The lowest BCUT2D eigenvalue weighted by Gasteiger charge is -2.18. The molecule has 0 fully saturated rings. The largest absolute Gasteiger partial charge is 0.495 e. The van der Waals surface area contributed by atoms with E-state index in [-0.39, 0.29) is 18.2 Å². The number of benzene rings is 3. The molecule has 0 radical (unpaired) electrons. The Morgan fingerprint density at radius 1 is 0.933 bits per heavy atom. The molecule has 2 amide bonds. The Kier molecular flexibility index (Phi) is 7.09. The number of carbonyl (C=O) groups excluding carboxylic acids is 2. The van der Waals surface area contributed by atoms with Crippen LogP contribution in [0.1, 0.15) is 11.1 Å². The quantitative estimate of drug-likeness (QED) is 0.598. The molecule has 6 heteroatoms. The van der Waals surface area contributed by atoms with Crippen molar-refractivity contribution in [3.05, 3.63) is 88.9 Å². The van der Waals surface area contributed by atoms with Gasteiger partial charge in [-0.2, -0.15) is 0 Å². The first-order valence-corrected chi connectivity index (χ1v) is 9.87. The van der Waals surface area contributed by atoms with Gasteiger partial charge in [-0.05, 0) is 41.5 Å². The van der Waals surface area contributed by atoms with Crippen molar-refractivity contribution in [1.82, 2.24) is 0 Å². The molecular weight excluding hydrogens is 400 g/mol. The summed E-state index contributed by atoms with van der Waals surface area (Å²) in [5, 5.41) is 3.33. The van der Waals surface area contributed by atoms with Gasteiger partial charge in [0.05, 0.1) is 25.6 Å². The van der Waals surface area contributed by atoms with Crippen molar-refractivity contribution in [1.29, 1.82) is 0 Å². The van der Waals surface area contributed by atoms with Gasteiger partial charge < -0.3 is 15.0 Å². The fourth-order valence-electron chi connectivity index (χ4n) is 3.03. The van der Waals surface area contributed by atoms with Crippen molar-refractivity contribution < 1.29 is 14.3 Å². The van der Waals surface area contributed by atoms with Gasteiger partial charge in [-0.3, -0.25) is 9.59 Å². The van der Waals surface area contributed by atoms with Crippen LogP contribution in [0.25, 0.3) is 0 Å². The summed E-state index contributed by atoms with van der Waals surface area (Å²) in [5.74, 6) is 0.359. The molecule has 0 aliphatic rings. The van der Waals surface area contributed by atoms with E-state index >= 15 is 0 Å². The van der Waals surface area contributed by atoms with E-state index in [0.29, 0.717) is 22.9 Å². The third-order valence-corrected chi connectivity index (χ3v) is 4.93. The molecule has 3 aromatic carbocycles. The monoisotopic (exact) mass is 422 g/mol. The molecule has 0 spiro atoms. The number of methoxy groups -OCH3 is 1. The highest BCUT2D eigenvalue weighted by Gasteiger charge is 2.13. The van der Waals surface area contributed by atoms with Crippen LogP contribution in [0.5, 0.6) is 5.75 Å². The van der Waals surface area contributed by atoms with Crippen LogP contribution >= 0.6 is 11.6 Å². The molecule has 0 heterocycles. The number of anilines is 2. The van der Waals surface area contributed by atoms with E-state index in [9.17, 15) is 9.59 Å². The molecule has 154 valence electrons. The first-order chi connectivity index (χ1) is 14.5. The fraction of sp³-hybridized carbons (Fsp3) is 0.167. The minimum atomic E-state index is -0.183.